The molecule has 2 aromatic rings. The van der Waals surface area contributed by atoms with Crippen molar-refractivity contribution in [3.63, 3.8) is 0 Å². The van der Waals surface area contributed by atoms with E-state index in [1.165, 1.54) is 6.92 Å². The number of unbranched alkanes of at least 4 members (excludes halogenated alkanes) is 1. The van der Waals surface area contributed by atoms with E-state index in [9.17, 15) is 60.2 Å². The third kappa shape index (κ3) is 13.6. The largest absolute Gasteiger partial charge is 0.480 e. The van der Waals surface area contributed by atoms with Gasteiger partial charge in [-0.2, -0.15) is 26.3 Å². The van der Waals surface area contributed by atoms with Crippen molar-refractivity contribution in [2.45, 2.75) is 84.4 Å². The molecule has 17 heteroatoms. The Labute approximate surface area is 277 Å². The van der Waals surface area contributed by atoms with Crippen molar-refractivity contribution in [1.29, 1.82) is 0 Å². The number of carboxylic acids is 1. The normalized spacial score (nSPS) is 13.1. The molecule has 0 heterocycles. The second kappa shape index (κ2) is 18.5. The molecule has 0 aromatic heterocycles. The van der Waals surface area contributed by atoms with Crippen molar-refractivity contribution in [2.24, 2.45) is 5.92 Å². The van der Waals surface area contributed by atoms with E-state index in [1.807, 2.05) is 6.92 Å². The number of nitrogens with one attached hydrogen (secondary N) is 3. The summed E-state index contributed by atoms with van der Waals surface area (Å²) in [6.45, 7) is 7.65. The SMILES string of the molecule is CC(=O)OC(=O)c1c(C(F)(F)F)cccc1C(F)(F)F.CCCC[C@H](NC(=O)[C@H](C)NC(=O)[C@@H](NC(=O)c1ccccc1)C(C)C)C(=O)O. The first-order chi connectivity index (χ1) is 22.6. The minimum absolute atomic E-state index is 0.214. The summed E-state index contributed by atoms with van der Waals surface area (Å²) >= 11 is 0. The van der Waals surface area contributed by atoms with Gasteiger partial charge in [0.25, 0.3) is 5.91 Å². The summed E-state index contributed by atoms with van der Waals surface area (Å²) in [6.07, 6.45) is -8.61. The molecule has 3 amide bonds. The molecule has 3 atom stereocenters. The lowest BCUT2D eigenvalue weighted by atomic mass is 10.00. The second-order valence-electron chi connectivity index (χ2n) is 10.9. The second-order valence-corrected chi connectivity index (χ2v) is 10.9. The Morgan fingerprint density at radius 2 is 1.31 bits per heavy atom. The highest BCUT2D eigenvalue weighted by molar-refractivity contribution is 5.99. The molecule has 0 bridgehead atoms. The number of carbonyl (C=O) groups excluding carboxylic acids is 5. The fourth-order valence-corrected chi connectivity index (χ4v) is 4.11. The van der Waals surface area contributed by atoms with Crippen LogP contribution in [0.3, 0.4) is 0 Å². The van der Waals surface area contributed by atoms with Gasteiger partial charge in [0.2, 0.25) is 11.8 Å². The maximum atomic E-state index is 12.7. The quantitative estimate of drug-likeness (QED) is 0.134. The Morgan fingerprint density at radius 1 is 0.776 bits per heavy atom. The highest BCUT2D eigenvalue weighted by atomic mass is 19.4. The number of benzene rings is 2. The first kappa shape index (κ1) is 42.1. The fourth-order valence-electron chi connectivity index (χ4n) is 4.11. The molecule has 0 spiro atoms. The van der Waals surface area contributed by atoms with Crippen LogP contribution in [-0.2, 0) is 36.3 Å². The molecular weight excluding hydrogens is 668 g/mol. The summed E-state index contributed by atoms with van der Waals surface area (Å²) in [4.78, 5) is 70.5. The average Bonchev–Trinajstić information content (AvgIpc) is 3.00. The zero-order chi connectivity index (χ0) is 37.7. The highest BCUT2D eigenvalue weighted by Crippen LogP contribution is 2.39. The van der Waals surface area contributed by atoms with Crippen molar-refractivity contribution >= 4 is 35.6 Å². The van der Waals surface area contributed by atoms with Crippen molar-refractivity contribution in [3.05, 3.63) is 70.8 Å². The predicted molar refractivity (Wildman–Crippen MR) is 162 cm³/mol. The Bertz CT molecular complexity index is 1450. The van der Waals surface area contributed by atoms with Gasteiger partial charge in [-0.1, -0.05) is 57.9 Å². The average molecular weight is 706 g/mol. The van der Waals surface area contributed by atoms with Gasteiger partial charge in [0.15, 0.2) is 0 Å². The van der Waals surface area contributed by atoms with Crippen LogP contribution < -0.4 is 16.0 Å². The summed E-state index contributed by atoms with van der Waals surface area (Å²) in [6, 6.07) is 6.84. The number of carboxylic acid groups (broad SMARTS) is 1. The summed E-state index contributed by atoms with van der Waals surface area (Å²) < 4.78 is 79.8. The van der Waals surface area contributed by atoms with E-state index in [4.69, 9.17) is 0 Å². The van der Waals surface area contributed by atoms with Gasteiger partial charge in [-0.3, -0.25) is 19.2 Å². The van der Waals surface area contributed by atoms with Gasteiger partial charge >= 0.3 is 30.3 Å². The molecule has 4 N–H and O–H groups in total. The predicted octanol–water partition coefficient (Wildman–Crippen LogP) is 5.13. The maximum absolute atomic E-state index is 12.7. The molecular formula is C32H37F6N3O8. The van der Waals surface area contributed by atoms with Gasteiger partial charge in [0, 0.05) is 12.5 Å². The summed E-state index contributed by atoms with van der Waals surface area (Å²) in [5.41, 5.74) is -4.95. The molecule has 0 aliphatic rings. The van der Waals surface area contributed by atoms with Gasteiger partial charge in [-0.25, -0.2) is 9.59 Å². The molecule has 0 radical (unpaired) electrons. The first-order valence-corrected chi connectivity index (χ1v) is 14.8. The van der Waals surface area contributed by atoms with Crippen molar-refractivity contribution in [3.8, 4) is 0 Å². The van der Waals surface area contributed by atoms with E-state index < -0.39 is 76.9 Å². The summed E-state index contributed by atoms with van der Waals surface area (Å²) in [5, 5.41) is 16.9. The van der Waals surface area contributed by atoms with Crippen LogP contribution in [0.15, 0.2) is 48.5 Å². The number of hydrogen-bond donors (Lipinski definition) is 4. The fraction of sp³-hybridized carbons (Fsp3) is 0.438. The van der Waals surface area contributed by atoms with E-state index in [1.54, 1.807) is 44.2 Å². The van der Waals surface area contributed by atoms with E-state index in [-0.39, 0.29) is 11.8 Å². The van der Waals surface area contributed by atoms with Gasteiger partial charge < -0.3 is 25.8 Å². The minimum atomic E-state index is -5.20. The Kier molecular flexibility index (Phi) is 15.9. The zero-order valence-corrected chi connectivity index (χ0v) is 27.1. The number of carbonyl (C=O) groups is 6. The molecule has 0 aliphatic heterocycles. The lowest BCUT2D eigenvalue weighted by Gasteiger charge is -2.24. The molecule has 0 fully saturated rings. The summed E-state index contributed by atoms with van der Waals surface area (Å²) in [5.74, 6) is -6.12. The molecule has 0 unspecified atom stereocenters. The lowest BCUT2D eigenvalue weighted by Crippen LogP contribution is -2.56. The van der Waals surface area contributed by atoms with E-state index >= 15 is 0 Å². The van der Waals surface area contributed by atoms with Crippen LogP contribution in [0.1, 0.15) is 85.7 Å². The molecule has 270 valence electrons. The number of esters is 2. The van der Waals surface area contributed by atoms with Gasteiger partial charge in [-0.05, 0) is 43.5 Å². The van der Waals surface area contributed by atoms with Crippen LogP contribution in [0, 0.1) is 5.92 Å². The number of ether oxygens (including phenoxy) is 1. The minimum Gasteiger partial charge on any atom is -0.480 e. The van der Waals surface area contributed by atoms with Gasteiger partial charge in [0.1, 0.15) is 18.1 Å². The third-order valence-corrected chi connectivity index (χ3v) is 6.60. The van der Waals surface area contributed by atoms with Crippen molar-refractivity contribution < 1.29 is 65.0 Å². The molecule has 0 saturated heterocycles. The molecule has 0 aliphatic carbocycles. The van der Waals surface area contributed by atoms with Gasteiger partial charge in [0.05, 0.1) is 16.7 Å². The highest BCUT2D eigenvalue weighted by Gasteiger charge is 2.43. The number of hydrogen-bond acceptors (Lipinski definition) is 7. The maximum Gasteiger partial charge on any atom is 0.417 e. The van der Waals surface area contributed by atoms with Crippen molar-refractivity contribution in [1.82, 2.24) is 16.0 Å². The Morgan fingerprint density at radius 3 is 1.73 bits per heavy atom. The van der Waals surface area contributed by atoms with Crippen LogP contribution in [0.4, 0.5) is 26.3 Å². The molecule has 49 heavy (non-hydrogen) atoms. The Hall–Kier alpha value is -4.96. The molecule has 0 saturated carbocycles. The number of aliphatic carboxylic acids is 1. The van der Waals surface area contributed by atoms with E-state index in [2.05, 4.69) is 20.7 Å². The smallest absolute Gasteiger partial charge is 0.417 e. The monoisotopic (exact) mass is 705 g/mol. The third-order valence-electron chi connectivity index (χ3n) is 6.60. The Balaban J connectivity index is 0.000000524. The number of amides is 3. The standard InChI is InChI=1S/C21H31N3O5.C11H6F6O3/c1-5-6-12-16(21(28)29)23-18(25)14(4)22-20(27)17(13(2)3)24-19(26)15-10-8-7-9-11-15;1-5(18)20-9(19)8-6(10(12,13)14)3-2-4-7(8)11(15,16)17/h7-11,13-14,16-17H,5-6,12H2,1-4H3,(H,22,27)(H,23,25)(H,24,26)(H,28,29);2-4H,1H3/t14-,16-,17-;/m0./s1. The van der Waals surface area contributed by atoms with Crippen LogP contribution in [-0.4, -0.2) is 58.9 Å². The lowest BCUT2D eigenvalue weighted by molar-refractivity contribution is -0.146. The molecule has 2 rings (SSSR count). The number of rotatable bonds is 12. The number of halogens is 6. The van der Waals surface area contributed by atoms with Crippen LogP contribution in [0.5, 0.6) is 0 Å². The molecule has 2 aromatic carbocycles. The van der Waals surface area contributed by atoms with E-state index in [0.29, 0.717) is 43.5 Å². The van der Waals surface area contributed by atoms with Crippen LogP contribution in [0.25, 0.3) is 0 Å². The van der Waals surface area contributed by atoms with Crippen molar-refractivity contribution in [2.75, 3.05) is 0 Å². The van der Waals surface area contributed by atoms with Crippen LogP contribution >= 0.6 is 0 Å². The van der Waals surface area contributed by atoms with Crippen LogP contribution in [0.2, 0.25) is 0 Å². The summed E-state index contributed by atoms with van der Waals surface area (Å²) in [7, 11) is 0. The first-order valence-electron chi connectivity index (χ1n) is 14.8. The number of alkyl halides is 6. The zero-order valence-electron chi connectivity index (χ0n) is 27.1. The van der Waals surface area contributed by atoms with E-state index in [0.717, 1.165) is 6.42 Å². The van der Waals surface area contributed by atoms with Gasteiger partial charge in [-0.15, -0.1) is 0 Å². The molecule has 11 nitrogen and oxygen atoms in total. The topological polar surface area (TPSA) is 168 Å².